The van der Waals surface area contributed by atoms with E-state index in [2.05, 4.69) is 46.4 Å². The summed E-state index contributed by atoms with van der Waals surface area (Å²) in [5.41, 5.74) is 0. The molecule has 0 bridgehead atoms. The molecule has 0 aromatic heterocycles. The molecular formula is C11H22BrNS. The fourth-order valence-corrected chi connectivity index (χ4v) is 3.48. The summed E-state index contributed by atoms with van der Waals surface area (Å²) in [6.45, 7) is 8.59. The molecule has 0 saturated carbocycles. The van der Waals surface area contributed by atoms with Crippen LogP contribution in [0.15, 0.2) is 0 Å². The van der Waals surface area contributed by atoms with Crippen LogP contribution in [-0.2, 0) is 0 Å². The van der Waals surface area contributed by atoms with Crippen LogP contribution in [0, 0.1) is 0 Å². The van der Waals surface area contributed by atoms with Gasteiger partial charge in [-0.1, -0.05) is 22.4 Å². The topological polar surface area (TPSA) is 3.24 Å². The van der Waals surface area contributed by atoms with E-state index in [4.69, 9.17) is 0 Å². The molecule has 1 rings (SSSR count). The van der Waals surface area contributed by atoms with E-state index in [-0.39, 0.29) is 0 Å². The van der Waals surface area contributed by atoms with Crippen molar-refractivity contribution in [2.45, 2.75) is 37.9 Å². The van der Waals surface area contributed by atoms with E-state index >= 15 is 0 Å². The van der Waals surface area contributed by atoms with E-state index in [1.54, 1.807) is 0 Å². The molecule has 14 heavy (non-hydrogen) atoms. The van der Waals surface area contributed by atoms with Gasteiger partial charge in [-0.25, -0.2) is 0 Å². The molecule has 1 fully saturated rings. The van der Waals surface area contributed by atoms with Crippen LogP contribution in [0.4, 0.5) is 0 Å². The highest BCUT2D eigenvalue weighted by Gasteiger charge is 2.26. The molecule has 0 aliphatic carbocycles. The van der Waals surface area contributed by atoms with E-state index in [1.807, 2.05) is 0 Å². The predicted octanol–water partition coefficient (Wildman–Crippen LogP) is 3.38. The molecule has 0 N–H and O–H groups in total. The maximum atomic E-state index is 3.48. The predicted molar refractivity (Wildman–Crippen MR) is 70.6 cm³/mol. The second-order valence-corrected chi connectivity index (χ2v) is 7.23. The molecule has 0 radical (unpaired) electrons. The van der Waals surface area contributed by atoms with Gasteiger partial charge in [-0.2, -0.15) is 11.8 Å². The van der Waals surface area contributed by atoms with Crippen molar-refractivity contribution in [2.24, 2.45) is 0 Å². The minimum atomic E-state index is 0.480. The standard InChI is InChI=1S/C11H22BrNS/c1-11(2)10-13(8-9-14-11)7-5-3-4-6-12/h3-10H2,1-2H3. The summed E-state index contributed by atoms with van der Waals surface area (Å²) in [5.74, 6) is 1.31. The lowest BCUT2D eigenvalue weighted by atomic mass is 10.1. The molecule has 0 aromatic rings. The van der Waals surface area contributed by atoms with Crippen molar-refractivity contribution in [1.82, 2.24) is 4.90 Å². The lowest BCUT2D eigenvalue weighted by molar-refractivity contribution is 0.255. The largest absolute Gasteiger partial charge is 0.301 e. The van der Waals surface area contributed by atoms with Crippen LogP contribution >= 0.6 is 27.7 Å². The molecule has 1 nitrogen and oxygen atoms in total. The zero-order valence-electron chi connectivity index (χ0n) is 9.39. The highest BCUT2D eigenvalue weighted by molar-refractivity contribution is 9.09. The van der Waals surface area contributed by atoms with Crippen molar-refractivity contribution in [1.29, 1.82) is 0 Å². The molecule has 3 heteroatoms. The van der Waals surface area contributed by atoms with Crippen LogP contribution in [0.25, 0.3) is 0 Å². The third-order valence-electron chi connectivity index (χ3n) is 2.61. The number of hydrogen-bond acceptors (Lipinski definition) is 2. The zero-order valence-corrected chi connectivity index (χ0v) is 11.8. The normalized spacial score (nSPS) is 22.5. The lowest BCUT2D eigenvalue weighted by Crippen LogP contribution is -2.43. The Morgan fingerprint density at radius 2 is 2.07 bits per heavy atom. The second kappa shape index (κ2) is 6.39. The maximum absolute atomic E-state index is 3.48. The monoisotopic (exact) mass is 279 g/mol. The third-order valence-corrected chi connectivity index (χ3v) is 4.47. The molecule has 1 saturated heterocycles. The van der Waals surface area contributed by atoms with Crippen LogP contribution in [0.1, 0.15) is 33.1 Å². The van der Waals surface area contributed by atoms with E-state index < -0.39 is 0 Å². The van der Waals surface area contributed by atoms with E-state index in [0.29, 0.717) is 4.75 Å². The van der Waals surface area contributed by atoms with Gasteiger partial charge in [0, 0.05) is 28.9 Å². The van der Waals surface area contributed by atoms with Gasteiger partial charge in [0.25, 0.3) is 0 Å². The van der Waals surface area contributed by atoms with Gasteiger partial charge in [-0.3, -0.25) is 0 Å². The number of unbranched alkanes of at least 4 members (excludes halogenated alkanes) is 2. The summed E-state index contributed by atoms with van der Waals surface area (Å²) in [7, 11) is 0. The molecule has 0 unspecified atom stereocenters. The first-order chi connectivity index (χ1) is 6.64. The van der Waals surface area contributed by atoms with Crippen LogP contribution in [0.5, 0.6) is 0 Å². The Hall–Kier alpha value is 0.790. The van der Waals surface area contributed by atoms with Crippen molar-refractivity contribution in [3.05, 3.63) is 0 Å². The molecule has 1 aliphatic heterocycles. The molecule has 84 valence electrons. The Morgan fingerprint density at radius 1 is 1.29 bits per heavy atom. The van der Waals surface area contributed by atoms with Gasteiger partial charge in [0.1, 0.15) is 0 Å². The van der Waals surface area contributed by atoms with E-state index in [1.165, 1.54) is 44.6 Å². The molecular weight excluding hydrogens is 258 g/mol. The van der Waals surface area contributed by atoms with Crippen LogP contribution in [0.3, 0.4) is 0 Å². The molecule has 0 spiro atoms. The molecule has 0 aromatic carbocycles. The number of halogens is 1. The second-order valence-electron chi connectivity index (χ2n) is 4.63. The highest BCUT2D eigenvalue weighted by Crippen LogP contribution is 2.29. The maximum Gasteiger partial charge on any atom is 0.0231 e. The average molecular weight is 280 g/mol. The van der Waals surface area contributed by atoms with E-state index in [9.17, 15) is 0 Å². The van der Waals surface area contributed by atoms with Crippen molar-refractivity contribution < 1.29 is 0 Å². The van der Waals surface area contributed by atoms with Crippen molar-refractivity contribution >= 4 is 27.7 Å². The van der Waals surface area contributed by atoms with Crippen LogP contribution < -0.4 is 0 Å². The summed E-state index contributed by atoms with van der Waals surface area (Å²) >= 11 is 5.60. The highest BCUT2D eigenvalue weighted by atomic mass is 79.9. The third kappa shape index (κ3) is 5.04. The van der Waals surface area contributed by atoms with Crippen molar-refractivity contribution in [3.8, 4) is 0 Å². The minimum absolute atomic E-state index is 0.480. The van der Waals surface area contributed by atoms with Gasteiger partial charge < -0.3 is 4.90 Å². The van der Waals surface area contributed by atoms with Gasteiger partial charge in [-0.15, -0.1) is 0 Å². The number of rotatable bonds is 5. The van der Waals surface area contributed by atoms with Gasteiger partial charge in [-0.05, 0) is 33.2 Å². The Labute approximate surface area is 101 Å². The fourth-order valence-electron chi connectivity index (χ4n) is 1.91. The minimum Gasteiger partial charge on any atom is -0.301 e. The first-order valence-electron chi connectivity index (χ1n) is 5.56. The Morgan fingerprint density at radius 3 is 2.71 bits per heavy atom. The van der Waals surface area contributed by atoms with Crippen molar-refractivity contribution in [3.63, 3.8) is 0 Å². The van der Waals surface area contributed by atoms with Crippen LogP contribution in [0.2, 0.25) is 0 Å². The number of nitrogens with zero attached hydrogens (tertiary/aromatic N) is 1. The van der Waals surface area contributed by atoms with E-state index in [0.717, 1.165) is 5.33 Å². The Balaban J connectivity index is 2.12. The quantitative estimate of drug-likeness (QED) is 0.561. The van der Waals surface area contributed by atoms with Crippen LogP contribution in [-0.4, -0.2) is 40.4 Å². The molecule has 1 aliphatic rings. The fraction of sp³-hybridized carbons (Fsp3) is 1.00. The molecule has 0 amide bonds. The average Bonchev–Trinajstić information content (AvgIpc) is 2.11. The number of hydrogen-bond donors (Lipinski definition) is 0. The Kier molecular flexibility index (Phi) is 5.87. The van der Waals surface area contributed by atoms with Gasteiger partial charge in [0.15, 0.2) is 0 Å². The van der Waals surface area contributed by atoms with Gasteiger partial charge in [0.2, 0.25) is 0 Å². The Bertz CT molecular complexity index is 161. The summed E-state index contributed by atoms with van der Waals surface area (Å²) in [6, 6.07) is 0. The summed E-state index contributed by atoms with van der Waals surface area (Å²) in [6.07, 6.45) is 4.06. The molecule has 0 atom stereocenters. The summed E-state index contributed by atoms with van der Waals surface area (Å²) < 4.78 is 0.480. The first kappa shape index (κ1) is 12.9. The summed E-state index contributed by atoms with van der Waals surface area (Å²) in [4.78, 5) is 2.63. The van der Waals surface area contributed by atoms with Gasteiger partial charge >= 0.3 is 0 Å². The molecule has 1 heterocycles. The first-order valence-corrected chi connectivity index (χ1v) is 7.67. The zero-order chi connectivity index (χ0) is 10.4. The smallest absolute Gasteiger partial charge is 0.0231 e. The van der Waals surface area contributed by atoms with Gasteiger partial charge in [0.05, 0.1) is 0 Å². The summed E-state index contributed by atoms with van der Waals surface area (Å²) in [5, 5.41) is 1.16. The number of thioether (sulfide) groups is 1. The lowest BCUT2D eigenvalue weighted by Gasteiger charge is -2.37. The number of alkyl halides is 1. The van der Waals surface area contributed by atoms with Crippen molar-refractivity contribution in [2.75, 3.05) is 30.7 Å². The SMILES string of the molecule is CC1(C)CN(CCCCCBr)CCS1.